The van der Waals surface area contributed by atoms with Gasteiger partial charge in [0.1, 0.15) is 0 Å². The summed E-state index contributed by atoms with van der Waals surface area (Å²) in [6.07, 6.45) is -4.81. The summed E-state index contributed by atoms with van der Waals surface area (Å²) in [4.78, 5) is 10.4. The molecule has 2 N–H and O–H groups in total. The molecule has 0 aromatic heterocycles. The third-order valence-electron chi connectivity index (χ3n) is 1.77. The van der Waals surface area contributed by atoms with Crippen molar-refractivity contribution in [1.82, 2.24) is 5.32 Å². The lowest BCUT2D eigenvalue weighted by Gasteiger charge is -2.09. The van der Waals surface area contributed by atoms with Crippen LogP contribution in [0.1, 0.15) is 0 Å². The second-order valence-electron chi connectivity index (χ2n) is 3.05. The number of para-hydroxylation sites is 1. The predicted octanol–water partition coefficient (Wildman–Crippen LogP) is 1.78. The number of amides is 1. The fraction of sp³-hybridized carbons (Fsp3) is 0.300. The highest BCUT2D eigenvalue weighted by atomic mass is 19.4. The molecule has 6 heteroatoms. The third kappa shape index (κ3) is 4.20. The Kier molecular flexibility index (Phi) is 4.16. The average Bonchev–Trinajstić information content (AvgIpc) is 2.24. The largest absolute Gasteiger partial charge is 0.471 e. The van der Waals surface area contributed by atoms with Crippen molar-refractivity contribution in [2.24, 2.45) is 0 Å². The zero-order chi connectivity index (χ0) is 12.0. The zero-order valence-electron chi connectivity index (χ0n) is 8.34. The SMILES string of the molecule is O=C(NCCNc1ccccc1)C(F)(F)F. The standard InChI is InChI=1S/C10H11F3N2O/c11-10(12,13)9(16)15-7-6-14-8-4-2-1-3-5-8/h1-5,14H,6-7H2,(H,15,16). The number of hydrogen-bond donors (Lipinski definition) is 2. The van der Waals surface area contributed by atoms with E-state index in [2.05, 4.69) is 5.32 Å². The highest BCUT2D eigenvalue weighted by Crippen LogP contribution is 2.13. The molecule has 1 rings (SSSR count). The second kappa shape index (κ2) is 5.39. The van der Waals surface area contributed by atoms with E-state index in [-0.39, 0.29) is 13.1 Å². The van der Waals surface area contributed by atoms with Crippen LogP contribution in [0.25, 0.3) is 0 Å². The van der Waals surface area contributed by atoms with E-state index in [1.165, 1.54) is 0 Å². The number of carbonyl (C=O) groups excluding carboxylic acids is 1. The van der Waals surface area contributed by atoms with Gasteiger partial charge in [0.2, 0.25) is 0 Å². The van der Waals surface area contributed by atoms with E-state index in [9.17, 15) is 18.0 Å². The van der Waals surface area contributed by atoms with Gasteiger partial charge in [0.05, 0.1) is 0 Å². The molecule has 1 amide bonds. The maximum Gasteiger partial charge on any atom is 0.471 e. The number of hydrogen-bond acceptors (Lipinski definition) is 2. The molecule has 1 aromatic carbocycles. The topological polar surface area (TPSA) is 41.1 Å². The van der Waals surface area contributed by atoms with Crippen molar-refractivity contribution in [2.45, 2.75) is 6.18 Å². The van der Waals surface area contributed by atoms with E-state index < -0.39 is 12.1 Å². The monoisotopic (exact) mass is 232 g/mol. The maximum absolute atomic E-state index is 11.8. The first-order chi connectivity index (χ1) is 7.50. The highest BCUT2D eigenvalue weighted by molar-refractivity contribution is 5.81. The number of halogens is 3. The molecule has 0 saturated carbocycles. The Labute approximate surface area is 90.6 Å². The molecule has 0 atom stereocenters. The van der Waals surface area contributed by atoms with Gasteiger partial charge in [-0.15, -0.1) is 0 Å². The summed E-state index contributed by atoms with van der Waals surface area (Å²) < 4.78 is 35.3. The van der Waals surface area contributed by atoms with Gasteiger partial charge in [0.25, 0.3) is 0 Å². The molecule has 0 heterocycles. The minimum Gasteiger partial charge on any atom is -0.383 e. The normalized spacial score (nSPS) is 10.9. The van der Waals surface area contributed by atoms with Gasteiger partial charge in [0.15, 0.2) is 0 Å². The first-order valence-corrected chi connectivity index (χ1v) is 4.64. The van der Waals surface area contributed by atoms with Gasteiger partial charge in [-0.25, -0.2) is 0 Å². The third-order valence-corrected chi connectivity index (χ3v) is 1.77. The molecule has 0 unspecified atom stereocenters. The van der Waals surface area contributed by atoms with Gasteiger partial charge in [-0.2, -0.15) is 13.2 Å². The molecule has 3 nitrogen and oxygen atoms in total. The summed E-state index contributed by atoms with van der Waals surface area (Å²) in [6, 6.07) is 9.00. The molecule has 0 fully saturated rings. The van der Waals surface area contributed by atoms with Gasteiger partial charge < -0.3 is 10.6 Å². The minimum absolute atomic E-state index is 0.0762. The van der Waals surface area contributed by atoms with Crippen LogP contribution >= 0.6 is 0 Å². The molecule has 0 bridgehead atoms. The summed E-state index contributed by atoms with van der Waals surface area (Å²) >= 11 is 0. The lowest BCUT2D eigenvalue weighted by Crippen LogP contribution is -2.39. The van der Waals surface area contributed by atoms with Crippen LogP contribution in [-0.2, 0) is 4.79 Å². The van der Waals surface area contributed by atoms with Crippen LogP contribution in [0.2, 0.25) is 0 Å². The zero-order valence-corrected chi connectivity index (χ0v) is 8.34. The Balaban J connectivity index is 2.20. The van der Waals surface area contributed by atoms with Gasteiger partial charge in [0, 0.05) is 18.8 Å². The van der Waals surface area contributed by atoms with E-state index in [4.69, 9.17) is 0 Å². The van der Waals surface area contributed by atoms with Crippen molar-refractivity contribution in [3.63, 3.8) is 0 Å². The molecule has 16 heavy (non-hydrogen) atoms. The highest BCUT2D eigenvalue weighted by Gasteiger charge is 2.38. The van der Waals surface area contributed by atoms with Crippen LogP contribution in [0.4, 0.5) is 18.9 Å². The Morgan fingerprint density at radius 1 is 1.12 bits per heavy atom. The Morgan fingerprint density at radius 3 is 2.31 bits per heavy atom. The predicted molar refractivity (Wildman–Crippen MR) is 54.0 cm³/mol. The lowest BCUT2D eigenvalue weighted by molar-refractivity contribution is -0.173. The molecule has 0 saturated heterocycles. The molecule has 1 aromatic rings. The lowest BCUT2D eigenvalue weighted by atomic mass is 10.3. The molecule has 88 valence electrons. The Bertz CT molecular complexity index is 338. The van der Waals surface area contributed by atoms with Crippen LogP contribution in [0.5, 0.6) is 0 Å². The summed E-state index contributed by atoms with van der Waals surface area (Å²) in [5.41, 5.74) is 0.795. The number of carbonyl (C=O) groups is 1. The molecule has 0 aliphatic rings. The fourth-order valence-corrected chi connectivity index (χ4v) is 1.04. The second-order valence-corrected chi connectivity index (χ2v) is 3.05. The first kappa shape index (κ1) is 12.4. The molecular formula is C10H11F3N2O. The maximum atomic E-state index is 11.8. The smallest absolute Gasteiger partial charge is 0.383 e. The van der Waals surface area contributed by atoms with Crippen molar-refractivity contribution < 1.29 is 18.0 Å². The molecule has 0 radical (unpaired) electrons. The summed E-state index contributed by atoms with van der Waals surface area (Å²) in [5, 5.41) is 4.64. The van der Waals surface area contributed by atoms with Crippen molar-refractivity contribution >= 4 is 11.6 Å². The van der Waals surface area contributed by atoms with E-state index in [0.717, 1.165) is 5.69 Å². The van der Waals surface area contributed by atoms with E-state index >= 15 is 0 Å². The summed E-state index contributed by atoms with van der Waals surface area (Å²) in [5.74, 6) is -1.91. The number of rotatable bonds is 4. The van der Waals surface area contributed by atoms with Crippen LogP contribution in [0.3, 0.4) is 0 Å². The summed E-state index contributed by atoms with van der Waals surface area (Å²) in [7, 11) is 0. The fourth-order valence-electron chi connectivity index (χ4n) is 1.04. The van der Waals surface area contributed by atoms with E-state index in [1.807, 2.05) is 6.07 Å². The number of alkyl halides is 3. The van der Waals surface area contributed by atoms with E-state index in [0.29, 0.717) is 0 Å². The number of nitrogens with one attached hydrogen (secondary N) is 2. The van der Waals surface area contributed by atoms with Gasteiger partial charge >= 0.3 is 12.1 Å². The van der Waals surface area contributed by atoms with Crippen LogP contribution in [0.15, 0.2) is 30.3 Å². The Morgan fingerprint density at radius 2 is 1.75 bits per heavy atom. The van der Waals surface area contributed by atoms with Crippen molar-refractivity contribution in [3.05, 3.63) is 30.3 Å². The van der Waals surface area contributed by atoms with Crippen molar-refractivity contribution in [3.8, 4) is 0 Å². The minimum atomic E-state index is -4.81. The summed E-state index contributed by atoms with van der Waals surface area (Å²) in [6.45, 7) is 0.166. The van der Waals surface area contributed by atoms with Crippen LogP contribution in [-0.4, -0.2) is 25.2 Å². The molecule has 0 aliphatic heterocycles. The number of anilines is 1. The molecule has 0 spiro atoms. The van der Waals surface area contributed by atoms with Crippen LogP contribution in [0, 0.1) is 0 Å². The van der Waals surface area contributed by atoms with Crippen LogP contribution < -0.4 is 10.6 Å². The van der Waals surface area contributed by atoms with Gasteiger partial charge in [-0.1, -0.05) is 18.2 Å². The molecule has 0 aliphatic carbocycles. The van der Waals surface area contributed by atoms with Gasteiger partial charge in [-0.05, 0) is 12.1 Å². The first-order valence-electron chi connectivity index (χ1n) is 4.64. The average molecular weight is 232 g/mol. The molecular weight excluding hydrogens is 221 g/mol. The Hall–Kier alpha value is -1.72. The number of benzene rings is 1. The van der Waals surface area contributed by atoms with Crippen molar-refractivity contribution in [1.29, 1.82) is 0 Å². The van der Waals surface area contributed by atoms with Crippen molar-refractivity contribution in [2.75, 3.05) is 18.4 Å². The van der Waals surface area contributed by atoms with Gasteiger partial charge in [-0.3, -0.25) is 4.79 Å². The quantitative estimate of drug-likeness (QED) is 0.777. The van der Waals surface area contributed by atoms with E-state index in [1.54, 1.807) is 29.6 Å².